The van der Waals surface area contributed by atoms with Gasteiger partial charge in [0.05, 0.1) is 38.8 Å². The monoisotopic (exact) mass is 384 g/mol. The van der Waals surface area contributed by atoms with Crippen molar-refractivity contribution < 1.29 is 27.2 Å². The van der Waals surface area contributed by atoms with Crippen LogP contribution in [0.15, 0.2) is 12.1 Å². The lowest BCUT2D eigenvalue weighted by Gasteiger charge is -2.16. The van der Waals surface area contributed by atoms with Gasteiger partial charge in [0.15, 0.2) is 0 Å². The fourth-order valence-electron chi connectivity index (χ4n) is 2.02. The van der Waals surface area contributed by atoms with Crippen molar-refractivity contribution in [3.05, 3.63) is 21.9 Å². The highest BCUT2D eigenvalue weighted by atomic mass is 32.1. The molecule has 0 saturated heterocycles. The highest BCUT2D eigenvalue weighted by Gasteiger charge is 2.27. The topological polar surface area (TPSA) is 71.1 Å². The Kier molecular flexibility index (Phi) is 9.24. The third kappa shape index (κ3) is 7.18. The minimum atomic E-state index is -3.13. The summed E-state index contributed by atoms with van der Waals surface area (Å²) in [4.78, 5) is 1.73. The average molecular weight is 384 g/mol. The summed E-state index contributed by atoms with van der Waals surface area (Å²) in [5, 5.41) is 0. The Labute approximate surface area is 142 Å². The van der Waals surface area contributed by atoms with E-state index in [2.05, 4.69) is 0 Å². The van der Waals surface area contributed by atoms with Gasteiger partial charge in [-0.3, -0.25) is 9.13 Å². The van der Waals surface area contributed by atoms with Crippen LogP contribution in [-0.4, -0.2) is 26.4 Å². The van der Waals surface area contributed by atoms with Crippen molar-refractivity contribution in [2.75, 3.05) is 26.4 Å². The van der Waals surface area contributed by atoms with Crippen molar-refractivity contribution in [2.45, 2.75) is 40.0 Å². The highest BCUT2D eigenvalue weighted by Crippen LogP contribution is 2.54. The first-order chi connectivity index (χ1) is 10.9. The van der Waals surface area contributed by atoms with Gasteiger partial charge < -0.3 is 18.1 Å². The molecule has 1 aromatic rings. The second kappa shape index (κ2) is 10.1. The van der Waals surface area contributed by atoms with Crippen molar-refractivity contribution in [2.24, 2.45) is 0 Å². The van der Waals surface area contributed by atoms with Gasteiger partial charge in [-0.25, -0.2) is 0 Å². The lowest BCUT2D eigenvalue weighted by Crippen LogP contribution is -1.98. The van der Waals surface area contributed by atoms with Crippen LogP contribution in [0, 0.1) is 0 Å². The molecule has 0 aliphatic rings. The van der Waals surface area contributed by atoms with Gasteiger partial charge in [0.25, 0.3) is 0 Å². The lowest BCUT2D eigenvalue weighted by molar-refractivity contribution is 0.218. The summed E-state index contributed by atoms with van der Waals surface area (Å²) < 4.78 is 46.3. The predicted molar refractivity (Wildman–Crippen MR) is 93.4 cm³/mol. The van der Waals surface area contributed by atoms with Gasteiger partial charge in [0.1, 0.15) is 0 Å². The molecular weight excluding hydrogens is 358 g/mol. The Balaban J connectivity index is 2.80. The molecule has 0 atom stereocenters. The number of rotatable bonds is 12. The summed E-state index contributed by atoms with van der Waals surface area (Å²) >= 11 is 1.43. The lowest BCUT2D eigenvalue weighted by atomic mass is 10.5. The minimum absolute atomic E-state index is 0.215. The molecule has 0 bridgehead atoms. The van der Waals surface area contributed by atoms with Crippen LogP contribution in [0.5, 0.6) is 0 Å². The van der Waals surface area contributed by atoms with E-state index in [1.807, 2.05) is 12.1 Å². The van der Waals surface area contributed by atoms with Crippen LogP contribution in [-0.2, 0) is 39.5 Å². The zero-order chi connectivity index (χ0) is 17.3. The molecule has 0 amide bonds. The van der Waals surface area contributed by atoms with Gasteiger partial charge in [-0.05, 0) is 39.8 Å². The first-order valence-corrected chi connectivity index (χ1v) is 12.0. The number of hydrogen-bond acceptors (Lipinski definition) is 7. The highest BCUT2D eigenvalue weighted by molar-refractivity contribution is 7.54. The van der Waals surface area contributed by atoms with E-state index in [9.17, 15) is 9.13 Å². The Hall–Kier alpha value is -0.0000000000000000486. The molecule has 0 radical (unpaired) electrons. The third-order valence-corrected chi connectivity index (χ3v) is 8.29. The molecule has 1 rings (SSSR count). The zero-order valence-corrected chi connectivity index (χ0v) is 16.8. The average Bonchev–Trinajstić information content (AvgIpc) is 2.85. The maximum absolute atomic E-state index is 12.5. The van der Waals surface area contributed by atoms with E-state index in [1.54, 1.807) is 27.7 Å². The van der Waals surface area contributed by atoms with Crippen LogP contribution in [0.3, 0.4) is 0 Å². The fourth-order valence-corrected chi connectivity index (χ4v) is 7.15. The fraction of sp³-hybridized carbons (Fsp3) is 0.714. The Morgan fingerprint density at radius 1 is 0.739 bits per heavy atom. The Morgan fingerprint density at radius 2 is 1.04 bits per heavy atom. The number of hydrogen-bond donors (Lipinski definition) is 0. The molecule has 23 heavy (non-hydrogen) atoms. The normalized spacial score (nSPS) is 12.7. The number of thiophene rings is 1. The van der Waals surface area contributed by atoms with Crippen LogP contribution in [0.1, 0.15) is 37.4 Å². The van der Waals surface area contributed by atoms with E-state index >= 15 is 0 Å². The first-order valence-electron chi connectivity index (χ1n) is 7.74. The van der Waals surface area contributed by atoms with Crippen molar-refractivity contribution in [3.63, 3.8) is 0 Å². The van der Waals surface area contributed by atoms with Crippen molar-refractivity contribution >= 4 is 26.5 Å². The molecule has 0 aliphatic heterocycles. The van der Waals surface area contributed by atoms with Gasteiger partial charge in [0, 0.05) is 9.75 Å². The summed E-state index contributed by atoms with van der Waals surface area (Å²) in [6.45, 7) is 8.47. The molecule has 0 aromatic carbocycles. The molecule has 1 heterocycles. The van der Waals surface area contributed by atoms with Gasteiger partial charge >= 0.3 is 15.2 Å². The van der Waals surface area contributed by atoms with Gasteiger partial charge in [-0.15, -0.1) is 11.3 Å². The van der Waals surface area contributed by atoms with Crippen LogP contribution in [0.25, 0.3) is 0 Å². The van der Waals surface area contributed by atoms with Crippen molar-refractivity contribution in [1.82, 2.24) is 0 Å². The van der Waals surface area contributed by atoms with Crippen molar-refractivity contribution in [1.29, 1.82) is 0 Å². The van der Waals surface area contributed by atoms with Crippen molar-refractivity contribution in [3.8, 4) is 0 Å². The van der Waals surface area contributed by atoms with E-state index in [-0.39, 0.29) is 12.3 Å². The summed E-state index contributed by atoms with van der Waals surface area (Å²) in [5.41, 5.74) is 0. The van der Waals surface area contributed by atoms with E-state index in [1.165, 1.54) is 11.3 Å². The van der Waals surface area contributed by atoms with Gasteiger partial charge in [-0.2, -0.15) is 0 Å². The van der Waals surface area contributed by atoms with E-state index in [0.717, 1.165) is 9.75 Å². The summed E-state index contributed by atoms with van der Waals surface area (Å²) in [6.07, 6.45) is 0.430. The second-order valence-corrected chi connectivity index (χ2v) is 9.94. The van der Waals surface area contributed by atoms with E-state index < -0.39 is 15.2 Å². The second-order valence-electron chi connectivity index (χ2n) is 4.58. The maximum atomic E-state index is 12.5. The summed E-state index contributed by atoms with van der Waals surface area (Å²) in [5.74, 6) is 0. The summed E-state index contributed by atoms with van der Waals surface area (Å²) in [6, 6.07) is 3.71. The van der Waals surface area contributed by atoms with Crippen LogP contribution in [0.4, 0.5) is 0 Å². The van der Waals surface area contributed by atoms with Crippen LogP contribution >= 0.6 is 26.5 Å². The standard InChI is InChI=1S/C14H26O6P2S/c1-5-17-21(15,18-6-2)11-13-9-10-14(23-13)12-22(16,19-7-3)20-8-4/h9-10H,5-8,11-12H2,1-4H3. The molecule has 0 unspecified atom stereocenters. The molecule has 134 valence electrons. The maximum Gasteiger partial charge on any atom is 0.335 e. The van der Waals surface area contributed by atoms with E-state index in [4.69, 9.17) is 18.1 Å². The third-order valence-electron chi connectivity index (χ3n) is 2.72. The summed E-state index contributed by atoms with van der Waals surface area (Å²) in [7, 11) is -6.25. The molecule has 0 aliphatic carbocycles. The molecule has 0 saturated carbocycles. The molecule has 1 aromatic heterocycles. The first kappa shape index (κ1) is 21.0. The molecule has 9 heteroatoms. The predicted octanol–water partition coefficient (Wildman–Crippen LogP) is 5.28. The van der Waals surface area contributed by atoms with Gasteiger partial charge in [0.2, 0.25) is 0 Å². The minimum Gasteiger partial charge on any atom is -0.309 e. The largest absolute Gasteiger partial charge is 0.335 e. The SMILES string of the molecule is CCOP(=O)(Cc1ccc(CP(=O)(OCC)OCC)s1)OCC. The molecule has 0 spiro atoms. The molecule has 6 nitrogen and oxygen atoms in total. The smallest absolute Gasteiger partial charge is 0.309 e. The molecule has 0 N–H and O–H groups in total. The van der Waals surface area contributed by atoms with Crippen LogP contribution < -0.4 is 0 Å². The Morgan fingerprint density at radius 3 is 1.30 bits per heavy atom. The van der Waals surface area contributed by atoms with E-state index in [0.29, 0.717) is 26.4 Å². The zero-order valence-electron chi connectivity index (χ0n) is 14.1. The molecular formula is C14H26O6P2S. The molecule has 0 fully saturated rings. The quantitative estimate of drug-likeness (QED) is 0.457. The Bertz CT molecular complexity index is 493. The van der Waals surface area contributed by atoms with Crippen LogP contribution in [0.2, 0.25) is 0 Å². The van der Waals surface area contributed by atoms with Gasteiger partial charge in [-0.1, -0.05) is 0 Å².